The molecule has 2 atom stereocenters. The van der Waals surface area contributed by atoms with Crippen molar-refractivity contribution in [1.29, 1.82) is 0 Å². The lowest BCUT2D eigenvalue weighted by atomic mass is 9.91. The SMILES string of the molecule is CN1CCC[C@@H]1CC1CCc2ccc(-c3ccncc3)cc21. The van der Waals surface area contributed by atoms with Gasteiger partial charge in [0.05, 0.1) is 0 Å². The maximum absolute atomic E-state index is 4.13. The molecule has 0 radical (unpaired) electrons. The first-order valence-electron chi connectivity index (χ1n) is 8.55. The minimum Gasteiger partial charge on any atom is -0.303 e. The minimum absolute atomic E-state index is 0.752. The van der Waals surface area contributed by atoms with E-state index in [2.05, 4.69) is 47.3 Å². The zero-order chi connectivity index (χ0) is 14.9. The molecule has 1 aliphatic carbocycles. The first-order valence-corrected chi connectivity index (χ1v) is 8.55. The van der Waals surface area contributed by atoms with E-state index in [-0.39, 0.29) is 0 Å². The van der Waals surface area contributed by atoms with E-state index in [1.807, 2.05) is 12.4 Å². The van der Waals surface area contributed by atoms with Crippen LogP contribution in [0.25, 0.3) is 11.1 Å². The van der Waals surface area contributed by atoms with Gasteiger partial charge in [0.25, 0.3) is 0 Å². The van der Waals surface area contributed by atoms with E-state index in [4.69, 9.17) is 0 Å². The third kappa shape index (κ3) is 2.56. The van der Waals surface area contributed by atoms with Crippen molar-refractivity contribution < 1.29 is 0 Å². The highest BCUT2D eigenvalue weighted by Crippen LogP contribution is 2.40. The summed E-state index contributed by atoms with van der Waals surface area (Å²) in [7, 11) is 2.29. The molecule has 0 bridgehead atoms. The second kappa shape index (κ2) is 5.85. The summed E-state index contributed by atoms with van der Waals surface area (Å²) >= 11 is 0. The largest absolute Gasteiger partial charge is 0.303 e. The van der Waals surface area contributed by atoms with Gasteiger partial charge in [-0.3, -0.25) is 4.98 Å². The summed E-state index contributed by atoms with van der Waals surface area (Å²) in [6.45, 7) is 1.28. The number of rotatable bonds is 3. The number of likely N-dealkylation sites (tertiary alicyclic amines) is 1. The molecule has 0 saturated carbocycles. The summed E-state index contributed by atoms with van der Waals surface area (Å²) in [5.74, 6) is 0.752. The van der Waals surface area contributed by atoms with Gasteiger partial charge in [0.2, 0.25) is 0 Å². The molecule has 114 valence electrons. The average molecular weight is 292 g/mol. The van der Waals surface area contributed by atoms with E-state index in [9.17, 15) is 0 Å². The number of hydrogen-bond acceptors (Lipinski definition) is 2. The third-order valence-corrected chi connectivity index (χ3v) is 5.59. The van der Waals surface area contributed by atoms with Gasteiger partial charge >= 0.3 is 0 Å². The van der Waals surface area contributed by atoms with Gasteiger partial charge < -0.3 is 4.90 Å². The van der Waals surface area contributed by atoms with E-state index in [0.29, 0.717) is 0 Å². The van der Waals surface area contributed by atoms with Crippen LogP contribution in [0, 0.1) is 0 Å². The molecule has 0 N–H and O–H groups in total. The molecule has 1 aromatic heterocycles. The van der Waals surface area contributed by atoms with Gasteiger partial charge in [-0.2, -0.15) is 0 Å². The fraction of sp³-hybridized carbons (Fsp3) is 0.450. The summed E-state index contributed by atoms with van der Waals surface area (Å²) in [4.78, 5) is 6.69. The lowest BCUT2D eigenvalue weighted by molar-refractivity contribution is 0.281. The van der Waals surface area contributed by atoms with Crippen LogP contribution in [0.3, 0.4) is 0 Å². The van der Waals surface area contributed by atoms with Crippen LogP contribution in [0.4, 0.5) is 0 Å². The topological polar surface area (TPSA) is 16.1 Å². The number of benzene rings is 1. The Morgan fingerprint density at radius 3 is 2.73 bits per heavy atom. The predicted octanol–water partition coefficient (Wildman–Crippen LogP) is 4.26. The summed E-state index contributed by atoms with van der Waals surface area (Å²) in [6, 6.07) is 12.1. The Hall–Kier alpha value is -1.67. The first-order chi connectivity index (χ1) is 10.8. The van der Waals surface area contributed by atoms with Crippen molar-refractivity contribution >= 4 is 0 Å². The van der Waals surface area contributed by atoms with Gasteiger partial charge in [0.15, 0.2) is 0 Å². The van der Waals surface area contributed by atoms with Crippen LogP contribution < -0.4 is 0 Å². The van der Waals surface area contributed by atoms with E-state index < -0.39 is 0 Å². The van der Waals surface area contributed by atoms with E-state index in [0.717, 1.165) is 12.0 Å². The Labute approximate surface area is 133 Å². The molecule has 1 fully saturated rings. The summed E-state index contributed by atoms with van der Waals surface area (Å²) in [6.07, 6.45) is 10.4. The molecular formula is C20H24N2. The molecule has 2 heteroatoms. The van der Waals surface area contributed by atoms with Crippen LogP contribution in [0.15, 0.2) is 42.7 Å². The summed E-state index contributed by atoms with van der Waals surface area (Å²) in [5, 5.41) is 0. The molecule has 2 nitrogen and oxygen atoms in total. The van der Waals surface area contributed by atoms with Crippen LogP contribution in [-0.2, 0) is 6.42 Å². The molecule has 22 heavy (non-hydrogen) atoms. The van der Waals surface area contributed by atoms with Gasteiger partial charge in [-0.05, 0) is 86.0 Å². The van der Waals surface area contributed by atoms with Gasteiger partial charge in [-0.15, -0.1) is 0 Å². The van der Waals surface area contributed by atoms with Crippen LogP contribution >= 0.6 is 0 Å². The molecule has 1 saturated heterocycles. The van der Waals surface area contributed by atoms with Crippen LogP contribution in [0.2, 0.25) is 0 Å². The smallest absolute Gasteiger partial charge is 0.0273 e. The van der Waals surface area contributed by atoms with Crippen molar-refractivity contribution in [3.05, 3.63) is 53.9 Å². The minimum atomic E-state index is 0.752. The normalized spacial score (nSPS) is 24.6. The van der Waals surface area contributed by atoms with Crippen molar-refractivity contribution in [2.75, 3.05) is 13.6 Å². The number of fused-ring (bicyclic) bond motifs is 1. The molecule has 2 heterocycles. The maximum Gasteiger partial charge on any atom is 0.0273 e. The molecule has 1 aliphatic heterocycles. The highest BCUT2D eigenvalue weighted by Gasteiger charge is 2.29. The quantitative estimate of drug-likeness (QED) is 0.840. The van der Waals surface area contributed by atoms with Gasteiger partial charge in [0, 0.05) is 18.4 Å². The molecule has 2 aliphatic rings. The Kier molecular flexibility index (Phi) is 3.71. The van der Waals surface area contributed by atoms with Gasteiger partial charge in [-0.25, -0.2) is 0 Å². The summed E-state index contributed by atoms with van der Waals surface area (Å²) in [5.41, 5.74) is 5.80. The maximum atomic E-state index is 4.13. The third-order valence-electron chi connectivity index (χ3n) is 5.59. The monoisotopic (exact) mass is 292 g/mol. The fourth-order valence-electron chi connectivity index (χ4n) is 4.26. The molecule has 0 spiro atoms. The van der Waals surface area contributed by atoms with Crippen molar-refractivity contribution in [3.8, 4) is 11.1 Å². The molecule has 2 aromatic rings. The Balaban J connectivity index is 1.60. The van der Waals surface area contributed by atoms with Gasteiger partial charge in [-0.1, -0.05) is 18.2 Å². The molecule has 0 amide bonds. The number of pyridine rings is 1. The molecule has 4 rings (SSSR count). The number of aryl methyl sites for hydroxylation is 1. The van der Waals surface area contributed by atoms with Crippen LogP contribution in [0.5, 0.6) is 0 Å². The first kappa shape index (κ1) is 14.0. The highest BCUT2D eigenvalue weighted by atomic mass is 15.1. The average Bonchev–Trinajstić information content (AvgIpc) is 3.15. The second-order valence-electron chi connectivity index (χ2n) is 6.90. The zero-order valence-corrected chi connectivity index (χ0v) is 13.3. The van der Waals surface area contributed by atoms with Gasteiger partial charge in [0.1, 0.15) is 0 Å². The summed E-state index contributed by atoms with van der Waals surface area (Å²) < 4.78 is 0. The number of hydrogen-bond donors (Lipinski definition) is 0. The predicted molar refractivity (Wildman–Crippen MR) is 91.0 cm³/mol. The van der Waals surface area contributed by atoms with Crippen LogP contribution in [-0.4, -0.2) is 29.5 Å². The number of nitrogens with zero attached hydrogens (tertiary/aromatic N) is 2. The molecule has 1 aromatic carbocycles. The lowest BCUT2D eigenvalue weighted by Gasteiger charge is -2.23. The van der Waals surface area contributed by atoms with Crippen molar-refractivity contribution in [2.45, 2.75) is 44.1 Å². The van der Waals surface area contributed by atoms with Crippen molar-refractivity contribution in [2.24, 2.45) is 0 Å². The zero-order valence-electron chi connectivity index (χ0n) is 13.3. The van der Waals surface area contributed by atoms with Crippen LogP contribution in [0.1, 0.15) is 42.7 Å². The van der Waals surface area contributed by atoms with E-state index >= 15 is 0 Å². The Morgan fingerprint density at radius 1 is 1.09 bits per heavy atom. The lowest BCUT2D eigenvalue weighted by Crippen LogP contribution is -2.26. The molecule has 1 unspecified atom stereocenters. The standard InChI is InChI=1S/C20H24N2/c1-22-12-2-3-19(22)13-18-7-5-16-4-6-17(14-20(16)18)15-8-10-21-11-9-15/h4,6,8-11,14,18-19H,2-3,5,7,12-13H2,1H3/t18?,19-/m1/s1. The molecular weight excluding hydrogens is 268 g/mol. The van der Waals surface area contributed by atoms with E-state index in [1.165, 1.54) is 49.8 Å². The Morgan fingerprint density at radius 2 is 1.95 bits per heavy atom. The number of aromatic nitrogens is 1. The van der Waals surface area contributed by atoms with Crippen molar-refractivity contribution in [1.82, 2.24) is 9.88 Å². The second-order valence-corrected chi connectivity index (χ2v) is 6.90. The van der Waals surface area contributed by atoms with Crippen molar-refractivity contribution in [3.63, 3.8) is 0 Å². The van der Waals surface area contributed by atoms with E-state index in [1.54, 1.807) is 11.1 Å². The Bertz CT molecular complexity index is 650. The highest BCUT2D eigenvalue weighted by molar-refractivity contribution is 5.65. The fourth-order valence-corrected chi connectivity index (χ4v) is 4.26.